The molecule has 1 aliphatic rings. The third-order valence-corrected chi connectivity index (χ3v) is 4.74. The van der Waals surface area contributed by atoms with Crippen LogP contribution in [0.3, 0.4) is 0 Å². The summed E-state index contributed by atoms with van der Waals surface area (Å²) in [4.78, 5) is 24.9. The lowest BCUT2D eigenvalue weighted by atomic mass is 10.0. The first-order chi connectivity index (χ1) is 12.1. The van der Waals surface area contributed by atoms with Crippen LogP contribution < -0.4 is 10.6 Å². The molecule has 2 aromatic carbocycles. The fourth-order valence-corrected chi connectivity index (χ4v) is 2.87. The highest BCUT2D eigenvalue weighted by molar-refractivity contribution is 6.07. The van der Waals surface area contributed by atoms with Crippen LogP contribution in [-0.4, -0.2) is 18.4 Å². The van der Waals surface area contributed by atoms with E-state index in [1.165, 1.54) is 11.1 Å². The second-order valence-corrected chi connectivity index (χ2v) is 6.74. The number of aryl methyl sites for hydroxylation is 1. The van der Waals surface area contributed by atoms with Gasteiger partial charge in [0.15, 0.2) is 0 Å². The Morgan fingerprint density at radius 3 is 2.16 bits per heavy atom. The Hall–Kier alpha value is -2.62. The van der Waals surface area contributed by atoms with E-state index in [4.69, 9.17) is 0 Å². The minimum absolute atomic E-state index is 0.148. The van der Waals surface area contributed by atoms with E-state index >= 15 is 0 Å². The molecule has 4 nitrogen and oxygen atoms in total. The summed E-state index contributed by atoms with van der Waals surface area (Å²) in [6, 6.07) is 18.0. The average molecular weight is 336 g/mol. The van der Waals surface area contributed by atoms with Crippen LogP contribution in [0.4, 0.5) is 0 Å². The van der Waals surface area contributed by atoms with Gasteiger partial charge in [-0.05, 0) is 37.3 Å². The number of nitrogens with one attached hydrogen (secondary N) is 2. The maximum atomic E-state index is 12.5. The van der Waals surface area contributed by atoms with Gasteiger partial charge in [-0.2, -0.15) is 0 Å². The molecule has 0 atom stereocenters. The molecule has 1 aliphatic carbocycles. The molecule has 0 radical (unpaired) electrons. The summed E-state index contributed by atoms with van der Waals surface area (Å²) >= 11 is 0. The molecule has 0 unspecified atom stereocenters. The van der Waals surface area contributed by atoms with Gasteiger partial charge in [-0.1, -0.05) is 60.2 Å². The van der Waals surface area contributed by atoms with Gasteiger partial charge in [-0.15, -0.1) is 0 Å². The van der Waals surface area contributed by atoms with Crippen LogP contribution in [0.15, 0.2) is 54.6 Å². The molecule has 3 rings (SSSR count). The Balaban J connectivity index is 1.47. The maximum absolute atomic E-state index is 12.5. The highest BCUT2D eigenvalue weighted by Gasteiger charge is 2.56. The standard InChI is InChI=1S/C21H24N2O2/c1-16-7-9-18(10-8-16)15-23-20(25)21(12-13-21)19(24)22-14-11-17-5-3-2-4-6-17/h2-10H,11-15H2,1H3,(H,22,24)(H,23,25). The molecule has 0 aromatic heterocycles. The quantitative estimate of drug-likeness (QED) is 0.764. The van der Waals surface area contributed by atoms with Gasteiger partial charge < -0.3 is 10.6 Å². The first-order valence-corrected chi connectivity index (χ1v) is 8.76. The van der Waals surface area contributed by atoms with E-state index in [0.29, 0.717) is 25.9 Å². The Labute approximate surface area is 148 Å². The number of rotatable bonds is 7. The molecule has 0 aliphatic heterocycles. The van der Waals surface area contributed by atoms with E-state index in [1.54, 1.807) is 0 Å². The number of carbonyl (C=O) groups is 2. The molecular weight excluding hydrogens is 312 g/mol. The van der Waals surface area contributed by atoms with Crippen molar-refractivity contribution in [1.29, 1.82) is 0 Å². The topological polar surface area (TPSA) is 58.2 Å². The zero-order valence-electron chi connectivity index (χ0n) is 14.5. The van der Waals surface area contributed by atoms with Gasteiger partial charge in [0.05, 0.1) is 0 Å². The van der Waals surface area contributed by atoms with Gasteiger partial charge >= 0.3 is 0 Å². The molecule has 4 heteroatoms. The minimum Gasteiger partial charge on any atom is -0.355 e. The normalized spacial score (nSPS) is 14.6. The van der Waals surface area contributed by atoms with E-state index in [2.05, 4.69) is 10.6 Å². The Bertz CT molecular complexity index is 734. The highest BCUT2D eigenvalue weighted by atomic mass is 16.2. The van der Waals surface area contributed by atoms with E-state index in [0.717, 1.165) is 12.0 Å². The lowest BCUT2D eigenvalue weighted by Gasteiger charge is -2.15. The fraction of sp³-hybridized carbons (Fsp3) is 0.333. The van der Waals surface area contributed by atoms with Crippen LogP contribution in [0.25, 0.3) is 0 Å². The van der Waals surface area contributed by atoms with Crippen molar-refractivity contribution in [2.75, 3.05) is 6.54 Å². The van der Waals surface area contributed by atoms with Crippen molar-refractivity contribution < 1.29 is 9.59 Å². The average Bonchev–Trinajstić information content (AvgIpc) is 3.44. The molecule has 2 N–H and O–H groups in total. The molecule has 0 spiro atoms. The Morgan fingerprint density at radius 1 is 0.880 bits per heavy atom. The third-order valence-electron chi connectivity index (χ3n) is 4.74. The molecule has 0 saturated heterocycles. The number of benzene rings is 2. The van der Waals surface area contributed by atoms with Crippen LogP contribution >= 0.6 is 0 Å². The van der Waals surface area contributed by atoms with E-state index in [-0.39, 0.29) is 11.8 Å². The van der Waals surface area contributed by atoms with E-state index in [1.807, 2.05) is 61.5 Å². The largest absolute Gasteiger partial charge is 0.355 e. The van der Waals surface area contributed by atoms with Gasteiger partial charge in [0.25, 0.3) is 0 Å². The lowest BCUT2D eigenvalue weighted by Crippen LogP contribution is -2.43. The highest BCUT2D eigenvalue weighted by Crippen LogP contribution is 2.46. The van der Waals surface area contributed by atoms with Crippen LogP contribution in [-0.2, 0) is 22.6 Å². The molecule has 130 valence electrons. The fourth-order valence-electron chi connectivity index (χ4n) is 2.87. The zero-order valence-corrected chi connectivity index (χ0v) is 14.5. The van der Waals surface area contributed by atoms with Gasteiger partial charge in [-0.3, -0.25) is 9.59 Å². The predicted molar refractivity (Wildman–Crippen MR) is 97.8 cm³/mol. The van der Waals surface area contributed by atoms with Crippen molar-refractivity contribution >= 4 is 11.8 Å². The Kier molecular flexibility index (Phi) is 5.17. The summed E-state index contributed by atoms with van der Waals surface area (Å²) in [7, 11) is 0. The summed E-state index contributed by atoms with van der Waals surface area (Å²) in [5, 5.41) is 5.83. The first kappa shape index (κ1) is 17.2. The van der Waals surface area contributed by atoms with Crippen molar-refractivity contribution in [2.45, 2.75) is 32.7 Å². The number of hydrogen-bond acceptors (Lipinski definition) is 2. The first-order valence-electron chi connectivity index (χ1n) is 8.76. The van der Waals surface area contributed by atoms with Crippen LogP contribution in [0.5, 0.6) is 0 Å². The monoisotopic (exact) mass is 336 g/mol. The van der Waals surface area contributed by atoms with Crippen LogP contribution in [0, 0.1) is 12.3 Å². The number of amides is 2. The smallest absolute Gasteiger partial charge is 0.235 e. The summed E-state index contributed by atoms with van der Waals surface area (Å²) < 4.78 is 0. The van der Waals surface area contributed by atoms with Crippen LogP contribution in [0.2, 0.25) is 0 Å². The third kappa shape index (κ3) is 4.27. The number of hydrogen-bond donors (Lipinski definition) is 2. The molecule has 2 amide bonds. The lowest BCUT2D eigenvalue weighted by molar-refractivity contribution is -0.137. The molecule has 2 aromatic rings. The second-order valence-electron chi connectivity index (χ2n) is 6.74. The molecule has 0 heterocycles. The van der Waals surface area contributed by atoms with Crippen molar-refractivity contribution in [3.8, 4) is 0 Å². The van der Waals surface area contributed by atoms with Crippen molar-refractivity contribution in [2.24, 2.45) is 5.41 Å². The van der Waals surface area contributed by atoms with Gasteiger partial charge in [0.2, 0.25) is 11.8 Å². The summed E-state index contributed by atoms with van der Waals surface area (Å²) in [5.41, 5.74) is 2.55. The number of carbonyl (C=O) groups excluding carboxylic acids is 2. The maximum Gasteiger partial charge on any atom is 0.235 e. The van der Waals surface area contributed by atoms with Gasteiger partial charge in [-0.25, -0.2) is 0 Å². The molecule has 25 heavy (non-hydrogen) atoms. The molecular formula is C21H24N2O2. The second kappa shape index (κ2) is 7.51. The van der Waals surface area contributed by atoms with Crippen LogP contribution in [0.1, 0.15) is 29.5 Å². The van der Waals surface area contributed by atoms with Gasteiger partial charge in [0, 0.05) is 13.1 Å². The van der Waals surface area contributed by atoms with E-state index < -0.39 is 5.41 Å². The van der Waals surface area contributed by atoms with Crippen molar-refractivity contribution in [3.63, 3.8) is 0 Å². The predicted octanol–water partition coefficient (Wildman–Crippen LogP) is 2.75. The summed E-state index contributed by atoms with van der Waals surface area (Å²) in [6.45, 7) is 3.04. The molecule has 1 fully saturated rings. The SMILES string of the molecule is Cc1ccc(CNC(=O)C2(C(=O)NCCc3ccccc3)CC2)cc1. The minimum atomic E-state index is -0.860. The summed E-state index contributed by atoms with van der Waals surface area (Å²) in [5.74, 6) is -0.310. The van der Waals surface area contributed by atoms with Crippen molar-refractivity contribution in [1.82, 2.24) is 10.6 Å². The van der Waals surface area contributed by atoms with E-state index in [9.17, 15) is 9.59 Å². The zero-order chi connectivity index (χ0) is 17.7. The van der Waals surface area contributed by atoms with Gasteiger partial charge in [0.1, 0.15) is 5.41 Å². The Morgan fingerprint density at radius 2 is 1.52 bits per heavy atom. The molecule has 1 saturated carbocycles. The van der Waals surface area contributed by atoms with Crippen molar-refractivity contribution in [3.05, 3.63) is 71.3 Å². The molecule has 0 bridgehead atoms. The summed E-state index contributed by atoms with van der Waals surface area (Å²) in [6.07, 6.45) is 2.03.